The van der Waals surface area contributed by atoms with Crippen LogP contribution in [-0.2, 0) is 6.42 Å². The molecule has 1 aromatic carbocycles. The Bertz CT molecular complexity index is 640. The molecular weight excluding hydrogens is 239 g/mol. The molecule has 0 spiro atoms. The maximum atomic E-state index is 13.7. The Morgan fingerprint density at radius 1 is 1.37 bits per heavy atom. The van der Waals surface area contributed by atoms with Crippen LogP contribution in [0.4, 0.5) is 4.39 Å². The maximum absolute atomic E-state index is 13.7. The van der Waals surface area contributed by atoms with Crippen molar-refractivity contribution in [3.63, 3.8) is 0 Å². The molecule has 1 aliphatic carbocycles. The molecule has 1 unspecified atom stereocenters. The van der Waals surface area contributed by atoms with E-state index in [0.717, 1.165) is 29.3 Å². The molecule has 1 aromatic heterocycles. The van der Waals surface area contributed by atoms with Gasteiger partial charge in [-0.3, -0.25) is 0 Å². The molecule has 0 bridgehead atoms. The Balaban J connectivity index is 2.29. The summed E-state index contributed by atoms with van der Waals surface area (Å²) in [6.07, 6.45) is 2.11. The molecule has 0 radical (unpaired) electrons. The van der Waals surface area contributed by atoms with Crippen molar-refractivity contribution >= 4 is 10.9 Å². The minimum absolute atomic E-state index is 0.147. The van der Waals surface area contributed by atoms with Gasteiger partial charge in [0.2, 0.25) is 0 Å². The van der Waals surface area contributed by atoms with Gasteiger partial charge in [0.15, 0.2) is 0 Å². The average molecular weight is 260 g/mol. The van der Waals surface area contributed by atoms with Gasteiger partial charge in [-0.1, -0.05) is 13.8 Å². The van der Waals surface area contributed by atoms with Crippen LogP contribution in [0.2, 0.25) is 0 Å². The third kappa shape index (κ3) is 1.96. The fraction of sp³-hybridized carbons (Fsp3) is 0.500. The molecule has 2 aromatic rings. The summed E-state index contributed by atoms with van der Waals surface area (Å²) in [4.78, 5) is 3.52. The lowest BCUT2D eigenvalue weighted by molar-refractivity contribution is 0.264. The molecule has 0 fully saturated rings. The van der Waals surface area contributed by atoms with Crippen molar-refractivity contribution < 1.29 is 4.39 Å². The van der Waals surface area contributed by atoms with E-state index >= 15 is 0 Å². The molecular formula is C16H21FN2. The fourth-order valence-electron chi connectivity index (χ4n) is 3.49. The molecule has 0 saturated carbocycles. The highest BCUT2D eigenvalue weighted by Gasteiger charge is 2.34. The third-order valence-electron chi connectivity index (χ3n) is 4.30. The van der Waals surface area contributed by atoms with Crippen LogP contribution >= 0.6 is 0 Å². The molecule has 3 heteroatoms. The zero-order valence-corrected chi connectivity index (χ0v) is 12.0. The second-order valence-corrected chi connectivity index (χ2v) is 6.55. The highest BCUT2D eigenvalue weighted by molar-refractivity contribution is 5.88. The highest BCUT2D eigenvalue weighted by Crippen LogP contribution is 2.44. The van der Waals surface area contributed by atoms with Gasteiger partial charge in [0.25, 0.3) is 0 Å². The fourth-order valence-corrected chi connectivity index (χ4v) is 3.49. The molecule has 19 heavy (non-hydrogen) atoms. The molecule has 2 N–H and O–H groups in total. The van der Waals surface area contributed by atoms with Gasteiger partial charge in [-0.25, -0.2) is 4.39 Å². The Morgan fingerprint density at radius 3 is 2.79 bits per heavy atom. The van der Waals surface area contributed by atoms with Gasteiger partial charge in [0, 0.05) is 22.6 Å². The van der Waals surface area contributed by atoms with Gasteiger partial charge in [0.05, 0.1) is 0 Å². The summed E-state index contributed by atoms with van der Waals surface area (Å²) in [7, 11) is 1.99. The zero-order valence-electron chi connectivity index (χ0n) is 12.0. The number of nitrogens with one attached hydrogen (secondary N) is 2. The van der Waals surface area contributed by atoms with E-state index in [1.54, 1.807) is 12.1 Å². The number of benzene rings is 1. The van der Waals surface area contributed by atoms with Crippen molar-refractivity contribution in [1.29, 1.82) is 0 Å². The topological polar surface area (TPSA) is 27.8 Å². The number of aromatic nitrogens is 1. The van der Waals surface area contributed by atoms with E-state index in [1.165, 1.54) is 11.3 Å². The van der Waals surface area contributed by atoms with E-state index in [0.29, 0.717) is 6.04 Å². The maximum Gasteiger partial charge on any atom is 0.124 e. The van der Waals surface area contributed by atoms with Gasteiger partial charge in [-0.2, -0.15) is 0 Å². The first kappa shape index (κ1) is 12.7. The number of fused-ring (bicyclic) bond motifs is 3. The van der Waals surface area contributed by atoms with Crippen LogP contribution in [0.3, 0.4) is 0 Å². The van der Waals surface area contributed by atoms with Gasteiger partial charge in [-0.05, 0) is 55.5 Å². The van der Waals surface area contributed by atoms with Crippen molar-refractivity contribution in [3.8, 4) is 0 Å². The molecule has 2 nitrogen and oxygen atoms in total. The minimum atomic E-state index is -0.147. The summed E-state index contributed by atoms with van der Waals surface area (Å²) in [5, 5.41) is 4.43. The average Bonchev–Trinajstić information content (AvgIpc) is 2.65. The summed E-state index contributed by atoms with van der Waals surface area (Å²) in [5.74, 6) is -0.147. The molecule has 3 rings (SSSR count). The zero-order chi connectivity index (χ0) is 13.8. The van der Waals surface area contributed by atoms with Gasteiger partial charge in [0.1, 0.15) is 5.82 Å². The van der Waals surface area contributed by atoms with Crippen molar-refractivity contribution in [1.82, 2.24) is 10.3 Å². The molecule has 1 aliphatic rings. The van der Waals surface area contributed by atoms with Crippen LogP contribution < -0.4 is 5.32 Å². The monoisotopic (exact) mass is 260 g/mol. The molecule has 1 atom stereocenters. The van der Waals surface area contributed by atoms with Gasteiger partial charge >= 0.3 is 0 Å². The van der Waals surface area contributed by atoms with E-state index in [2.05, 4.69) is 24.1 Å². The summed E-state index contributed by atoms with van der Waals surface area (Å²) in [5.41, 5.74) is 4.87. The van der Waals surface area contributed by atoms with Crippen LogP contribution in [0, 0.1) is 18.2 Å². The van der Waals surface area contributed by atoms with E-state index in [-0.39, 0.29) is 11.2 Å². The molecule has 102 valence electrons. The Morgan fingerprint density at radius 2 is 2.11 bits per heavy atom. The standard InChI is InChI=1S/C16H21FN2/c1-9-5-10(17)6-11-14-12(18-4)7-16(2,3)8-13(14)19-15(9)11/h5-6,12,18-19H,7-8H2,1-4H3. The molecule has 0 saturated heterocycles. The van der Waals surface area contributed by atoms with Crippen molar-refractivity contribution in [2.45, 2.75) is 39.7 Å². The number of hydrogen-bond acceptors (Lipinski definition) is 1. The van der Waals surface area contributed by atoms with Crippen molar-refractivity contribution in [3.05, 3.63) is 34.8 Å². The lowest BCUT2D eigenvalue weighted by atomic mass is 9.74. The predicted octanol–water partition coefficient (Wildman–Crippen LogP) is 3.85. The van der Waals surface area contributed by atoms with Crippen LogP contribution in [0.25, 0.3) is 10.9 Å². The van der Waals surface area contributed by atoms with Gasteiger partial charge in [-0.15, -0.1) is 0 Å². The lowest BCUT2D eigenvalue weighted by Crippen LogP contribution is -2.31. The number of halogens is 1. The summed E-state index contributed by atoms with van der Waals surface area (Å²) in [6.45, 7) is 6.55. The van der Waals surface area contributed by atoms with Crippen molar-refractivity contribution in [2.24, 2.45) is 5.41 Å². The summed E-state index contributed by atoms with van der Waals surface area (Å²) >= 11 is 0. The van der Waals surface area contributed by atoms with Crippen LogP contribution in [0.15, 0.2) is 12.1 Å². The van der Waals surface area contributed by atoms with E-state index < -0.39 is 0 Å². The Hall–Kier alpha value is -1.35. The summed E-state index contributed by atoms with van der Waals surface area (Å²) < 4.78 is 13.7. The molecule has 1 heterocycles. The van der Waals surface area contributed by atoms with Crippen LogP contribution in [0.1, 0.15) is 43.1 Å². The Labute approximate surface area is 113 Å². The normalized spacial score (nSPS) is 21.6. The van der Waals surface area contributed by atoms with E-state index in [1.807, 2.05) is 14.0 Å². The second-order valence-electron chi connectivity index (χ2n) is 6.55. The number of hydrogen-bond donors (Lipinski definition) is 2. The minimum Gasteiger partial charge on any atom is -0.358 e. The molecule has 0 amide bonds. The highest BCUT2D eigenvalue weighted by atomic mass is 19.1. The van der Waals surface area contributed by atoms with E-state index in [9.17, 15) is 4.39 Å². The number of aromatic amines is 1. The SMILES string of the molecule is CNC1CC(C)(C)Cc2[nH]c3c(C)cc(F)cc3c21. The number of rotatable bonds is 1. The Kier molecular flexibility index (Phi) is 2.72. The second kappa shape index (κ2) is 4.07. The summed E-state index contributed by atoms with van der Waals surface area (Å²) in [6, 6.07) is 3.57. The first-order valence-corrected chi connectivity index (χ1v) is 6.89. The van der Waals surface area contributed by atoms with Gasteiger partial charge < -0.3 is 10.3 Å². The number of aryl methyl sites for hydroxylation is 1. The third-order valence-corrected chi connectivity index (χ3v) is 4.30. The van der Waals surface area contributed by atoms with Crippen molar-refractivity contribution in [2.75, 3.05) is 7.05 Å². The lowest BCUT2D eigenvalue weighted by Gasteiger charge is -2.35. The number of H-pyrrole nitrogens is 1. The largest absolute Gasteiger partial charge is 0.358 e. The van der Waals surface area contributed by atoms with E-state index in [4.69, 9.17) is 0 Å². The predicted molar refractivity (Wildman–Crippen MR) is 76.9 cm³/mol. The first-order valence-electron chi connectivity index (χ1n) is 6.89. The molecule has 0 aliphatic heterocycles. The quantitative estimate of drug-likeness (QED) is 0.801. The van der Waals surface area contributed by atoms with Crippen LogP contribution in [-0.4, -0.2) is 12.0 Å². The smallest absolute Gasteiger partial charge is 0.124 e. The first-order chi connectivity index (χ1) is 8.91. The van der Waals surface area contributed by atoms with Crippen LogP contribution in [0.5, 0.6) is 0 Å².